The van der Waals surface area contributed by atoms with Crippen molar-refractivity contribution in [3.63, 3.8) is 0 Å². The molecule has 0 spiro atoms. The average molecular weight is 393 g/mol. The highest BCUT2D eigenvalue weighted by atomic mass is 19.1. The van der Waals surface area contributed by atoms with Gasteiger partial charge in [0.05, 0.1) is 24.9 Å². The molecule has 148 valence electrons. The van der Waals surface area contributed by atoms with Crippen molar-refractivity contribution >= 4 is 28.8 Å². The van der Waals surface area contributed by atoms with Crippen LogP contribution in [-0.4, -0.2) is 31.2 Å². The molecule has 2 amide bonds. The molecular weight excluding hydrogens is 373 g/mol. The molecule has 0 aromatic heterocycles. The predicted octanol–water partition coefficient (Wildman–Crippen LogP) is 3.26. The van der Waals surface area contributed by atoms with Crippen molar-refractivity contribution in [1.29, 1.82) is 0 Å². The van der Waals surface area contributed by atoms with Gasteiger partial charge in [0.15, 0.2) is 0 Å². The topological polar surface area (TPSA) is 79.8 Å². The molecule has 0 radical (unpaired) electrons. The van der Waals surface area contributed by atoms with Gasteiger partial charge in [-0.3, -0.25) is 9.59 Å². The van der Waals surface area contributed by atoms with Crippen LogP contribution in [-0.2, 0) is 4.79 Å². The third kappa shape index (κ3) is 4.95. The van der Waals surface area contributed by atoms with Crippen molar-refractivity contribution in [1.82, 2.24) is 10.7 Å². The average Bonchev–Trinajstić information content (AvgIpc) is 2.73. The quantitative estimate of drug-likeness (QED) is 0.478. The van der Waals surface area contributed by atoms with Crippen LogP contribution >= 0.6 is 0 Å². The van der Waals surface area contributed by atoms with Gasteiger partial charge in [0, 0.05) is 5.56 Å². The van der Waals surface area contributed by atoms with Crippen molar-refractivity contribution in [3.8, 4) is 5.75 Å². The van der Waals surface area contributed by atoms with Gasteiger partial charge in [-0.25, -0.2) is 9.82 Å². The van der Waals surface area contributed by atoms with Crippen LogP contribution < -0.4 is 15.5 Å². The summed E-state index contributed by atoms with van der Waals surface area (Å²) in [5.41, 5.74) is 2.97. The number of hydrazone groups is 1. The van der Waals surface area contributed by atoms with Crippen LogP contribution in [0.4, 0.5) is 4.39 Å². The van der Waals surface area contributed by atoms with Crippen LogP contribution in [0.5, 0.6) is 5.75 Å². The fourth-order valence-electron chi connectivity index (χ4n) is 2.80. The van der Waals surface area contributed by atoms with Gasteiger partial charge in [-0.2, -0.15) is 5.10 Å². The van der Waals surface area contributed by atoms with E-state index in [1.54, 1.807) is 6.07 Å². The lowest BCUT2D eigenvalue weighted by molar-refractivity contribution is -0.120. The maximum absolute atomic E-state index is 13.6. The third-order valence-corrected chi connectivity index (χ3v) is 4.14. The summed E-state index contributed by atoms with van der Waals surface area (Å²) in [6, 6.07) is 17.1. The van der Waals surface area contributed by atoms with Gasteiger partial charge in [0.2, 0.25) is 0 Å². The molecule has 0 heterocycles. The van der Waals surface area contributed by atoms with Crippen molar-refractivity contribution in [2.24, 2.45) is 5.10 Å². The van der Waals surface area contributed by atoms with Crippen molar-refractivity contribution in [3.05, 3.63) is 77.6 Å². The number of fused-ring (bicyclic) bond motifs is 1. The summed E-state index contributed by atoms with van der Waals surface area (Å²) in [4.78, 5) is 23.9. The van der Waals surface area contributed by atoms with E-state index in [4.69, 9.17) is 4.74 Å². The van der Waals surface area contributed by atoms with Crippen LogP contribution in [0.2, 0.25) is 0 Å². The zero-order chi connectivity index (χ0) is 20.6. The summed E-state index contributed by atoms with van der Waals surface area (Å²) >= 11 is 0. The first-order valence-electron chi connectivity index (χ1n) is 9.09. The highest BCUT2D eigenvalue weighted by Gasteiger charge is 2.12. The van der Waals surface area contributed by atoms with Gasteiger partial charge in [0.1, 0.15) is 11.6 Å². The lowest BCUT2D eigenvalue weighted by Crippen LogP contribution is -2.35. The molecule has 3 rings (SSSR count). The molecular formula is C22H20FN3O3. The molecule has 0 saturated carbocycles. The van der Waals surface area contributed by atoms with Crippen molar-refractivity contribution in [2.75, 3.05) is 13.2 Å². The number of amides is 2. The van der Waals surface area contributed by atoms with Gasteiger partial charge in [0.25, 0.3) is 11.8 Å². The molecule has 6 nitrogen and oxygen atoms in total. The van der Waals surface area contributed by atoms with Gasteiger partial charge in [-0.05, 0) is 35.9 Å². The Balaban J connectivity index is 1.65. The summed E-state index contributed by atoms with van der Waals surface area (Å²) in [7, 11) is 0. The van der Waals surface area contributed by atoms with E-state index in [0.29, 0.717) is 12.4 Å². The fraction of sp³-hybridized carbons (Fsp3) is 0.136. The Hall–Kier alpha value is -3.74. The molecule has 0 aliphatic carbocycles. The van der Waals surface area contributed by atoms with Crippen molar-refractivity contribution < 1.29 is 18.7 Å². The number of hydrogen-bond donors (Lipinski definition) is 2. The summed E-state index contributed by atoms with van der Waals surface area (Å²) in [5, 5.41) is 8.28. The second-order valence-corrected chi connectivity index (χ2v) is 6.09. The number of nitrogens with zero attached hydrogens (tertiary/aromatic N) is 1. The summed E-state index contributed by atoms with van der Waals surface area (Å²) in [5.74, 6) is -1.21. The molecule has 0 aliphatic heterocycles. The van der Waals surface area contributed by atoms with Crippen LogP contribution in [0.25, 0.3) is 10.8 Å². The second-order valence-electron chi connectivity index (χ2n) is 6.09. The minimum Gasteiger partial charge on any atom is -0.493 e. The lowest BCUT2D eigenvalue weighted by Gasteiger charge is -2.10. The van der Waals surface area contributed by atoms with E-state index in [-0.39, 0.29) is 12.1 Å². The number of benzene rings is 3. The molecule has 7 heteroatoms. The Morgan fingerprint density at radius 3 is 2.62 bits per heavy atom. The molecule has 0 unspecified atom stereocenters. The zero-order valence-electron chi connectivity index (χ0n) is 15.8. The number of nitrogens with one attached hydrogen (secondary N) is 2. The molecule has 0 saturated heterocycles. The SMILES string of the molecule is CCOc1ccc2ccccc2c1/C=N/NC(=O)CNC(=O)c1ccccc1F. The number of ether oxygens (including phenoxy) is 1. The number of carbonyl (C=O) groups is 2. The smallest absolute Gasteiger partial charge is 0.259 e. The van der Waals surface area contributed by atoms with E-state index in [1.807, 2.05) is 43.3 Å². The Kier molecular flexibility index (Phi) is 6.52. The lowest BCUT2D eigenvalue weighted by atomic mass is 10.0. The Morgan fingerprint density at radius 2 is 1.83 bits per heavy atom. The molecule has 3 aromatic carbocycles. The first-order valence-corrected chi connectivity index (χ1v) is 9.09. The normalized spacial score (nSPS) is 10.8. The van der Waals surface area contributed by atoms with Crippen LogP contribution in [0.3, 0.4) is 0 Å². The Morgan fingerprint density at radius 1 is 1.07 bits per heavy atom. The van der Waals surface area contributed by atoms with E-state index in [9.17, 15) is 14.0 Å². The van der Waals surface area contributed by atoms with Gasteiger partial charge in [-0.1, -0.05) is 42.5 Å². The highest BCUT2D eigenvalue weighted by Crippen LogP contribution is 2.26. The highest BCUT2D eigenvalue weighted by molar-refractivity contribution is 6.03. The van der Waals surface area contributed by atoms with Gasteiger partial charge < -0.3 is 10.1 Å². The Bertz CT molecular complexity index is 1070. The molecule has 2 N–H and O–H groups in total. The first-order chi connectivity index (χ1) is 14.1. The first kappa shape index (κ1) is 20.0. The van der Waals surface area contributed by atoms with E-state index in [0.717, 1.165) is 16.3 Å². The summed E-state index contributed by atoms with van der Waals surface area (Å²) in [6.07, 6.45) is 1.50. The largest absolute Gasteiger partial charge is 0.493 e. The van der Waals surface area contributed by atoms with E-state index in [1.165, 1.54) is 24.4 Å². The minimum absolute atomic E-state index is 0.124. The van der Waals surface area contributed by atoms with E-state index >= 15 is 0 Å². The molecule has 0 atom stereocenters. The van der Waals surface area contributed by atoms with Crippen LogP contribution in [0.1, 0.15) is 22.8 Å². The molecule has 0 bridgehead atoms. The van der Waals surface area contributed by atoms with Gasteiger partial charge in [-0.15, -0.1) is 0 Å². The maximum Gasteiger partial charge on any atom is 0.259 e. The van der Waals surface area contributed by atoms with E-state index in [2.05, 4.69) is 15.8 Å². The Labute approximate surface area is 167 Å². The van der Waals surface area contributed by atoms with Crippen molar-refractivity contribution in [2.45, 2.75) is 6.92 Å². The van der Waals surface area contributed by atoms with Gasteiger partial charge >= 0.3 is 0 Å². The van der Waals surface area contributed by atoms with Crippen LogP contribution in [0.15, 0.2) is 65.8 Å². The summed E-state index contributed by atoms with van der Waals surface area (Å²) in [6.45, 7) is 2.04. The maximum atomic E-state index is 13.6. The molecule has 29 heavy (non-hydrogen) atoms. The monoisotopic (exact) mass is 393 g/mol. The standard InChI is InChI=1S/C22H20FN3O3/c1-2-29-20-12-11-15-7-3-4-8-16(15)18(20)13-25-26-21(27)14-24-22(28)17-9-5-6-10-19(17)23/h3-13H,2,14H2,1H3,(H,24,28)(H,26,27)/b25-13+. The number of rotatable bonds is 7. The summed E-state index contributed by atoms with van der Waals surface area (Å²) < 4.78 is 19.2. The number of carbonyl (C=O) groups excluding carboxylic acids is 2. The zero-order valence-corrected chi connectivity index (χ0v) is 15.8. The second kappa shape index (κ2) is 9.45. The number of hydrogen-bond acceptors (Lipinski definition) is 4. The molecule has 3 aromatic rings. The predicted molar refractivity (Wildman–Crippen MR) is 110 cm³/mol. The third-order valence-electron chi connectivity index (χ3n) is 4.14. The minimum atomic E-state index is -0.671. The fourth-order valence-corrected chi connectivity index (χ4v) is 2.80. The molecule has 0 aliphatic rings. The number of halogens is 1. The molecule has 0 fully saturated rings. The van der Waals surface area contributed by atoms with Crippen LogP contribution in [0, 0.1) is 5.82 Å². The van der Waals surface area contributed by atoms with E-state index < -0.39 is 17.6 Å².